The highest BCUT2D eigenvalue weighted by atomic mass is 35.5. The molecule has 1 aliphatic carbocycles. The summed E-state index contributed by atoms with van der Waals surface area (Å²) < 4.78 is 11.3. The van der Waals surface area contributed by atoms with Crippen molar-refractivity contribution in [3.8, 4) is 11.5 Å². The van der Waals surface area contributed by atoms with E-state index in [1.54, 1.807) is 0 Å². The summed E-state index contributed by atoms with van der Waals surface area (Å²) in [5.74, 6) is 3.83. The first-order valence-electron chi connectivity index (χ1n) is 5.84. The van der Waals surface area contributed by atoms with Crippen molar-refractivity contribution in [1.82, 2.24) is 0 Å². The van der Waals surface area contributed by atoms with Crippen molar-refractivity contribution in [2.24, 2.45) is 5.92 Å². The Hall–Kier alpha value is -0.890. The third-order valence-corrected chi connectivity index (χ3v) is 3.72. The normalized spacial score (nSPS) is 27.3. The minimum Gasteiger partial charge on any atom is -0.490 e. The van der Waals surface area contributed by atoms with Gasteiger partial charge >= 0.3 is 0 Å². The molecule has 0 bridgehead atoms. The lowest BCUT2D eigenvalue weighted by molar-refractivity contribution is 0.297. The fraction of sp³-hybridized carbons (Fsp3) is 0.538. The molecule has 1 aromatic carbocycles. The Morgan fingerprint density at radius 2 is 2.00 bits per heavy atom. The quantitative estimate of drug-likeness (QED) is 0.737. The number of rotatable bonds is 2. The lowest BCUT2D eigenvalue weighted by atomic mass is 10.1. The van der Waals surface area contributed by atoms with Crippen LogP contribution in [0.3, 0.4) is 0 Å². The van der Waals surface area contributed by atoms with Crippen molar-refractivity contribution in [2.75, 3.05) is 19.1 Å². The lowest BCUT2D eigenvalue weighted by Crippen LogP contribution is -1.97. The summed E-state index contributed by atoms with van der Waals surface area (Å²) in [6, 6.07) is 6.29. The second-order valence-electron chi connectivity index (χ2n) is 4.51. The first kappa shape index (κ1) is 10.3. The van der Waals surface area contributed by atoms with Crippen molar-refractivity contribution >= 4 is 11.6 Å². The predicted molar refractivity (Wildman–Crippen MR) is 63.6 cm³/mol. The maximum absolute atomic E-state index is 5.86. The Labute approximate surface area is 101 Å². The number of alkyl halides is 1. The molecule has 0 radical (unpaired) electrons. The molecule has 3 heteroatoms. The minimum absolute atomic E-state index is 0.634. The van der Waals surface area contributed by atoms with Gasteiger partial charge in [0.25, 0.3) is 0 Å². The van der Waals surface area contributed by atoms with E-state index >= 15 is 0 Å². The van der Waals surface area contributed by atoms with Crippen LogP contribution in [0.2, 0.25) is 0 Å². The molecule has 0 spiro atoms. The first-order chi connectivity index (χ1) is 7.88. The molecule has 16 heavy (non-hydrogen) atoms. The number of benzene rings is 1. The largest absolute Gasteiger partial charge is 0.490 e. The minimum atomic E-state index is 0.634. The summed E-state index contributed by atoms with van der Waals surface area (Å²) in [6.07, 6.45) is 2.17. The van der Waals surface area contributed by atoms with Gasteiger partial charge in [0.1, 0.15) is 0 Å². The summed E-state index contributed by atoms with van der Waals surface area (Å²) in [7, 11) is 0. The van der Waals surface area contributed by atoms with E-state index in [1.807, 2.05) is 6.07 Å². The second-order valence-corrected chi connectivity index (χ2v) is 4.82. The van der Waals surface area contributed by atoms with Gasteiger partial charge < -0.3 is 9.47 Å². The fourth-order valence-electron chi connectivity index (χ4n) is 2.24. The van der Waals surface area contributed by atoms with Gasteiger partial charge in [0.2, 0.25) is 0 Å². The fourth-order valence-corrected chi connectivity index (χ4v) is 2.58. The molecule has 1 saturated carbocycles. The number of ether oxygens (including phenoxy) is 2. The van der Waals surface area contributed by atoms with E-state index in [4.69, 9.17) is 21.1 Å². The van der Waals surface area contributed by atoms with Crippen LogP contribution in [-0.4, -0.2) is 19.1 Å². The van der Waals surface area contributed by atoms with E-state index in [1.165, 1.54) is 12.0 Å². The van der Waals surface area contributed by atoms with Crippen LogP contribution in [0.4, 0.5) is 0 Å². The Morgan fingerprint density at radius 3 is 2.75 bits per heavy atom. The first-order valence-corrected chi connectivity index (χ1v) is 6.37. The van der Waals surface area contributed by atoms with Crippen LogP contribution in [0.15, 0.2) is 18.2 Å². The number of hydrogen-bond acceptors (Lipinski definition) is 2. The number of fused-ring (bicyclic) bond motifs is 1. The van der Waals surface area contributed by atoms with Crippen molar-refractivity contribution in [3.05, 3.63) is 23.8 Å². The number of hydrogen-bond donors (Lipinski definition) is 0. The Balaban J connectivity index is 1.84. The topological polar surface area (TPSA) is 18.5 Å². The van der Waals surface area contributed by atoms with Crippen LogP contribution >= 0.6 is 11.6 Å². The molecular weight excluding hydrogens is 224 g/mol. The molecule has 3 rings (SSSR count). The van der Waals surface area contributed by atoms with Gasteiger partial charge in [-0.25, -0.2) is 0 Å². The Bertz CT molecular complexity index is 392. The molecule has 2 aliphatic rings. The van der Waals surface area contributed by atoms with Crippen LogP contribution in [0.25, 0.3) is 0 Å². The van der Waals surface area contributed by atoms with Crippen LogP contribution in [0.1, 0.15) is 24.3 Å². The van der Waals surface area contributed by atoms with E-state index in [2.05, 4.69) is 12.1 Å². The van der Waals surface area contributed by atoms with Crippen molar-refractivity contribution in [2.45, 2.75) is 18.8 Å². The highest BCUT2D eigenvalue weighted by molar-refractivity contribution is 6.18. The van der Waals surface area contributed by atoms with Gasteiger partial charge in [0.05, 0.1) is 13.2 Å². The lowest BCUT2D eigenvalue weighted by Gasteiger charge is -2.08. The maximum Gasteiger partial charge on any atom is 0.161 e. The average molecular weight is 239 g/mol. The third-order valence-electron chi connectivity index (χ3n) is 3.32. The number of halogens is 1. The maximum atomic E-state index is 5.86. The van der Waals surface area contributed by atoms with Gasteiger partial charge in [-0.2, -0.15) is 0 Å². The molecule has 2 unspecified atom stereocenters. The highest BCUT2D eigenvalue weighted by Crippen LogP contribution is 2.49. The van der Waals surface area contributed by atoms with Crippen LogP contribution < -0.4 is 9.47 Å². The van der Waals surface area contributed by atoms with Crippen LogP contribution in [0.5, 0.6) is 11.5 Å². The van der Waals surface area contributed by atoms with Crippen LogP contribution in [0, 0.1) is 5.92 Å². The molecule has 1 aliphatic heterocycles. The molecule has 0 saturated heterocycles. The van der Waals surface area contributed by atoms with Gasteiger partial charge in [-0.1, -0.05) is 6.07 Å². The van der Waals surface area contributed by atoms with E-state index in [9.17, 15) is 0 Å². The molecule has 1 fully saturated rings. The molecular formula is C13H15ClO2. The Kier molecular flexibility index (Phi) is 2.68. The molecule has 0 aromatic heterocycles. The summed E-state index contributed by atoms with van der Waals surface area (Å²) in [5.41, 5.74) is 1.34. The van der Waals surface area contributed by atoms with Crippen LogP contribution in [-0.2, 0) is 0 Å². The molecule has 0 amide bonds. The van der Waals surface area contributed by atoms with Gasteiger partial charge in [0.15, 0.2) is 11.5 Å². The standard InChI is InChI=1S/C13H15ClO2/c14-8-10-6-11(10)9-2-3-12-13(7-9)16-5-1-4-15-12/h2-3,7,10-11H,1,4-6,8H2. The van der Waals surface area contributed by atoms with E-state index in [-0.39, 0.29) is 0 Å². The molecule has 2 atom stereocenters. The van der Waals surface area contributed by atoms with Gasteiger partial charge in [-0.05, 0) is 36.0 Å². The molecule has 2 nitrogen and oxygen atoms in total. The molecule has 86 valence electrons. The van der Waals surface area contributed by atoms with E-state index in [0.29, 0.717) is 11.8 Å². The molecule has 1 aromatic rings. The van der Waals surface area contributed by atoms with Gasteiger partial charge in [0, 0.05) is 12.3 Å². The van der Waals surface area contributed by atoms with E-state index in [0.717, 1.165) is 37.0 Å². The van der Waals surface area contributed by atoms with Crippen molar-refractivity contribution < 1.29 is 9.47 Å². The summed E-state index contributed by atoms with van der Waals surface area (Å²) >= 11 is 5.86. The zero-order valence-corrected chi connectivity index (χ0v) is 9.87. The zero-order valence-electron chi connectivity index (χ0n) is 9.12. The zero-order chi connectivity index (χ0) is 11.0. The average Bonchev–Trinajstić information content (AvgIpc) is 3.11. The summed E-state index contributed by atoms with van der Waals surface area (Å²) in [6.45, 7) is 1.50. The summed E-state index contributed by atoms with van der Waals surface area (Å²) in [5, 5.41) is 0. The Morgan fingerprint density at radius 1 is 1.19 bits per heavy atom. The summed E-state index contributed by atoms with van der Waals surface area (Å²) in [4.78, 5) is 0. The SMILES string of the molecule is ClCC1CC1c1ccc2c(c1)OCCCO2. The van der Waals surface area contributed by atoms with Crippen molar-refractivity contribution in [1.29, 1.82) is 0 Å². The molecule has 0 N–H and O–H groups in total. The van der Waals surface area contributed by atoms with E-state index < -0.39 is 0 Å². The van der Waals surface area contributed by atoms with Crippen molar-refractivity contribution in [3.63, 3.8) is 0 Å². The smallest absolute Gasteiger partial charge is 0.161 e. The monoisotopic (exact) mass is 238 g/mol. The van der Waals surface area contributed by atoms with Gasteiger partial charge in [-0.15, -0.1) is 11.6 Å². The second kappa shape index (κ2) is 4.17. The highest BCUT2D eigenvalue weighted by Gasteiger charge is 2.37. The predicted octanol–water partition coefficient (Wildman–Crippen LogP) is 3.19. The third kappa shape index (κ3) is 1.86. The van der Waals surface area contributed by atoms with Gasteiger partial charge in [-0.3, -0.25) is 0 Å². The molecule has 1 heterocycles.